The van der Waals surface area contributed by atoms with E-state index in [-0.39, 0.29) is 11.6 Å². The van der Waals surface area contributed by atoms with Crippen molar-refractivity contribution < 1.29 is 9.18 Å². The van der Waals surface area contributed by atoms with E-state index in [1.54, 1.807) is 36.0 Å². The first-order valence-electron chi connectivity index (χ1n) is 6.12. The van der Waals surface area contributed by atoms with E-state index in [2.05, 4.69) is 5.10 Å². The van der Waals surface area contributed by atoms with Crippen molar-refractivity contribution in [3.8, 4) is 0 Å². The third-order valence-corrected chi connectivity index (χ3v) is 2.86. The highest BCUT2D eigenvalue weighted by molar-refractivity contribution is 6.07. The van der Waals surface area contributed by atoms with Gasteiger partial charge in [-0.1, -0.05) is 18.2 Å². The summed E-state index contributed by atoms with van der Waals surface area (Å²) in [6.45, 7) is 4.46. The van der Waals surface area contributed by atoms with Crippen molar-refractivity contribution in [1.82, 2.24) is 9.78 Å². The van der Waals surface area contributed by atoms with Gasteiger partial charge in [0.2, 0.25) is 0 Å². The van der Waals surface area contributed by atoms with E-state index in [0.29, 0.717) is 23.4 Å². The fourth-order valence-corrected chi connectivity index (χ4v) is 1.79. The van der Waals surface area contributed by atoms with Gasteiger partial charge in [0.25, 0.3) is 0 Å². The van der Waals surface area contributed by atoms with Crippen LogP contribution in [0.3, 0.4) is 0 Å². The van der Waals surface area contributed by atoms with E-state index in [4.69, 9.17) is 0 Å². The zero-order valence-electron chi connectivity index (χ0n) is 10.9. The molecule has 0 aliphatic carbocycles. The molecule has 1 heterocycles. The van der Waals surface area contributed by atoms with Crippen LogP contribution in [0.25, 0.3) is 6.08 Å². The van der Waals surface area contributed by atoms with E-state index < -0.39 is 0 Å². The molecule has 2 aromatic rings. The molecule has 0 fully saturated rings. The second-order valence-corrected chi connectivity index (χ2v) is 4.20. The molecule has 0 radical (unpaired) electrons. The van der Waals surface area contributed by atoms with Gasteiger partial charge in [0.05, 0.1) is 11.3 Å². The van der Waals surface area contributed by atoms with Crippen molar-refractivity contribution in [1.29, 1.82) is 0 Å². The highest BCUT2D eigenvalue weighted by Gasteiger charge is 2.10. The molecule has 0 N–H and O–H groups in total. The Morgan fingerprint density at radius 3 is 2.79 bits per heavy atom. The van der Waals surface area contributed by atoms with Gasteiger partial charge in [-0.25, -0.2) is 4.39 Å². The number of aromatic nitrogens is 2. The average Bonchev–Trinajstić information content (AvgIpc) is 2.79. The predicted octanol–water partition coefficient (Wildman–Crippen LogP) is 3.25. The van der Waals surface area contributed by atoms with E-state index in [0.717, 1.165) is 0 Å². The molecule has 0 bridgehead atoms. The van der Waals surface area contributed by atoms with E-state index in [1.165, 1.54) is 18.2 Å². The summed E-state index contributed by atoms with van der Waals surface area (Å²) in [6, 6.07) is 6.34. The Kier molecular flexibility index (Phi) is 3.90. The maximum absolute atomic E-state index is 13.4. The van der Waals surface area contributed by atoms with Gasteiger partial charge in [0.1, 0.15) is 5.82 Å². The lowest BCUT2D eigenvalue weighted by Gasteiger charge is -1.95. The van der Waals surface area contributed by atoms with Crippen molar-refractivity contribution >= 4 is 11.9 Å². The molecule has 2 rings (SSSR count). The lowest BCUT2D eigenvalue weighted by molar-refractivity contribution is 0.104. The topological polar surface area (TPSA) is 34.9 Å². The summed E-state index contributed by atoms with van der Waals surface area (Å²) in [5.41, 5.74) is 1.64. The summed E-state index contributed by atoms with van der Waals surface area (Å²) in [4.78, 5) is 12.0. The number of hydrogen-bond donors (Lipinski definition) is 0. The number of hydrogen-bond acceptors (Lipinski definition) is 2. The highest BCUT2D eigenvalue weighted by Crippen LogP contribution is 2.11. The lowest BCUT2D eigenvalue weighted by atomic mass is 10.1. The van der Waals surface area contributed by atoms with Gasteiger partial charge in [-0.15, -0.1) is 0 Å². The van der Waals surface area contributed by atoms with Crippen LogP contribution in [-0.4, -0.2) is 15.6 Å². The van der Waals surface area contributed by atoms with Gasteiger partial charge in [-0.05, 0) is 32.1 Å². The normalized spacial score (nSPS) is 11.1. The second-order valence-electron chi connectivity index (χ2n) is 4.20. The molecule has 0 saturated heterocycles. The Morgan fingerprint density at radius 2 is 2.16 bits per heavy atom. The second kappa shape index (κ2) is 5.61. The molecule has 0 saturated carbocycles. The molecule has 0 spiro atoms. The predicted molar refractivity (Wildman–Crippen MR) is 72.4 cm³/mol. The number of allylic oxidation sites excluding steroid dienone is 1. The molecular weight excluding hydrogens is 243 g/mol. The number of halogens is 1. The summed E-state index contributed by atoms with van der Waals surface area (Å²) >= 11 is 0. The van der Waals surface area contributed by atoms with E-state index >= 15 is 0 Å². The first kappa shape index (κ1) is 13.2. The molecule has 98 valence electrons. The van der Waals surface area contributed by atoms with Crippen LogP contribution < -0.4 is 0 Å². The summed E-state index contributed by atoms with van der Waals surface area (Å²) < 4.78 is 15.1. The maximum atomic E-state index is 13.4. The molecule has 4 heteroatoms. The number of carbonyl (C=O) groups is 1. The monoisotopic (exact) mass is 258 g/mol. The van der Waals surface area contributed by atoms with Crippen LogP contribution in [0.15, 0.2) is 36.5 Å². The van der Waals surface area contributed by atoms with Crippen LogP contribution >= 0.6 is 0 Å². The van der Waals surface area contributed by atoms with Crippen LogP contribution in [-0.2, 0) is 6.54 Å². The standard InChI is InChI=1S/C15H15FN2O/c1-3-18-10-13(11(2)17-18)15(19)9-8-12-6-4-5-7-14(12)16/h4-10H,3H2,1-2H3/b9-8+. The minimum absolute atomic E-state index is 0.166. The van der Waals surface area contributed by atoms with Crippen LogP contribution in [0.4, 0.5) is 4.39 Å². The Hall–Kier alpha value is -2.23. The summed E-state index contributed by atoms with van der Waals surface area (Å²) in [7, 11) is 0. The zero-order valence-corrected chi connectivity index (χ0v) is 10.9. The average molecular weight is 258 g/mol. The molecule has 3 nitrogen and oxygen atoms in total. The summed E-state index contributed by atoms with van der Waals surface area (Å²) in [6.07, 6.45) is 4.58. The number of rotatable bonds is 4. The van der Waals surface area contributed by atoms with Gasteiger partial charge in [0, 0.05) is 18.3 Å². The molecule has 1 aromatic heterocycles. The van der Waals surface area contributed by atoms with Crippen LogP contribution in [0.5, 0.6) is 0 Å². The Bertz CT molecular complexity index is 629. The SMILES string of the molecule is CCn1cc(C(=O)/C=C/c2ccccc2F)c(C)n1. The maximum Gasteiger partial charge on any atom is 0.189 e. The van der Waals surface area contributed by atoms with Gasteiger partial charge in [-0.2, -0.15) is 5.10 Å². The van der Waals surface area contributed by atoms with E-state index in [9.17, 15) is 9.18 Å². The van der Waals surface area contributed by atoms with Crippen LogP contribution in [0, 0.1) is 12.7 Å². The molecule has 0 aliphatic heterocycles. The van der Waals surface area contributed by atoms with Crippen molar-refractivity contribution in [3.05, 3.63) is 59.2 Å². The quantitative estimate of drug-likeness (QED) is 0.623. The molecule has 1 aromatic carbocycles. The van der Waals surface area contributed by atoms with E-state index in [1.807, 2.05) is 6.92 Å². The number of ketones is 1. The smallest absolute Gasteiger partial charge is 0.189 e. The number of benzene rings is 1. The van der Waals surface area contributed by atoms with Gasteiger partial charge < -0.3 is 0 Å². The number of nitrogens with zero attached hydrogens (tertiary/aromatic N) is 2. The minimum Gasteiger partial charge on any atom is -0.289 e. The first-order chi connectivity index (χ1) is 9.11. The Morgan fingerprint density at radius 1 is 1.42 bits per heavy atom. The summed E-state index contributed by atoms with van der Waals surface area (Å²) in [5, 5.41) is 4.21. The van der Waals surface area contributed by atoms with Gasteiger partial charge in [-0.3, -0.25) is 9.48 Å². The van der Waals surface area contributed by atoms with Crippen LogP contribution in [0.1, 0.15) is 28.5 Å². The molecule has 0 atom stereocenters. The first-order valence-corrected chi connectivity index (χ1v) is 6.12. The van der Waals surface area contributed by atoms with Crippen molar-refractivity contribution in [3.63, 3.8) is 0 Å². The fourth-order valence-electron chi connectivity index (χ4n) is 1.79. The minimum atomic E-state index is -0.340. The van der Waals surface area contributed by atoms with Gasteiger partial charge in [0.15, 0.2) is 5.78 Å². The molecular formula is C15H15FN2O. The fraction of sp³-hybridized carbons (Fsp3) is 0.200. The van der Waals surface area contributed by atoms with Crippen molar-refractivity contribution in [2.24, 2.45) is 0 Å². The lowest BCUT2D eigenvalue weighted by Crippen LogP contribution is -1.95. The third-order valence-electron chi connectivity index (χ3n) is 2.86. The summed E-state index contributed by atoms with van der Waals surface area (Å²) in [5.74, 6) is -0.507. The molecule has 19 heavy (non-hydrogen) atoms. The Balaban J connectivity index is 2.21. The number of carbonyl (C=O) groups excluding carboxylic acids is 1. The van der Waals surface area contributed by atoms with Gasteiger partial charge >= 0.3 is 0 Å². The molecule has 0 amide bonds. The number of aryl methyl sites for hydroxylation is 2. The molecule has 0 unspecified atom stereocenters. The molecule has 0 aliphatic rings. The van der Waals surface area contributed by atoms with Crippen molar-refractivity contribution in [2.45, 2.75) is 20.4 Å². The Labute approximate surface area is 111 Å². The largest absolute Gasteiger partial charge is 0.289 e. The van der Waals surface area contributed by atoms with Crippen LogP contribution in [0.2, 0.25) is 0 Å². The van der Waals surface area contributed by atoms with Crippen molar-refractivity contribution in [2.75, 3.05) is 0 Å². The highest BCUT2D eigenvalue weighted by atomic mass is 19.1. The third kappa shape index (κ3) is 2.96. The zero-order chi connectivity index (χ0) is 13.8.